The molecule has 2 atom stereocenters. The van der Waals surface area contributed by atoms with Crippen LogP contribution in [0, 0.1) is 11.8 Å². The summed E-state index contributed by atoms with van der Waals surface area (Å²) >= 11 is 0. The molecule has 4 nitrogen and oxygen atoms in total. The van der Waals surface area contributed by atoms with Gasteiger partial charge in [0.05, 0.1) is 0 Å². The summed E-state index contributed by atoms with van der Waals surface area (Å²) in [6.07, 6.45) is 2.34. The van der Waals surface area contributed by atoms with Crippen molar-refractivity contribution in [1.82, 2.24) is 0 Å². The summed E-state index contributed by atoms with van der Waals surface area (Å²) in [6.45, 7) is 0. The Hall–Kier alpha value is -1.06. The zero-order valence-corrected chi connectivity index (χ0v) is 6.62. The maximum Gasteiger partial charge on any atom is 0.0451 e. The average Bonchev–Trinajstić information content (AvgIpc) is 2.04. The van der Waals surface area contributed by atoms with Crippen molar-refractivity contribution in [3.63, 3.8) is 0 Å². The average molecular weight is 170 g/mol. The molecule has 1 fully saturated rings. The van der Waals surface area contributed by atoms with Gasteiger partial charge < -0.3 is 19.8 Å². The van der Waals surface area contributed by atoms with Gasteiger partial charge >= 0.3 is 0 Å². The van der Waals surface area contributed by atoms with E-state index in [4.69, 9.17) is 0 Å². The number of rotatable bonds is 2. The van der Waals surface area contributed by atoms with Crippen LogP contribution in [-0.4, -0.2) is 11.9 Å². The lowest BCUT2D eigenvalue weighted by Gasteiger charge is -2.32. The van der Waals surface area contributed by atoms with Crippen molar-refractivity contribution in [2.75, 3.05) is 0 Å². The standard InChI is InChI=1S/C8H12O4/c9-7(10)5-3-1-2-4-6(5)8(11)12/h5-6H,1-4H2,(H,9,10)(H,11,12)/p-2/t5-,6-/m0/s1. The summed E-state index contributed by atoms with van der Waals surface area (Å²) in [5.41, 5.74) is 0. The third kappa shape index (κ3) is 1.75. The Morgan fingerprint density at radius 2 is 1.25 bits per heavy atom. The molecule has 1 aliphatic rings. The van der Waals surface area contributed by atoms with Gasteiger partial charge in [-0.2, -0.15) is 0 Å². The van der Waals surface area contributed by atoms with E-state index in [-0.39, 0.29) is 0 Å². The molecule has 12 heavy (non-hydrogen) atoms. The Morgan fingerprint density at radius 3 is 1.50 bits per heavy atom. The number of aliphatic carboxylic acids is 2. The molecule has 1 rings (SSSR count). The Morgan fingerprint density at radius 1 is 0.917 bits per heavy atom. The van der Waals surface area contributed by atoms with Gasteiger partial charge in [0, 0.05) is 23.8 Å². The molecule has 0 amide bonds. The van der Waals surface area contributed by atoms with Gasteiger partial charge in [-0.05, 0) is 12.8 Å². The molecule has 1 aliphatic carbocycles. The number of hydrogen-bond acceptors (Lipinski definition) is 4. The monoisotopic (exact) mass is 170 g/mol. The third-order valence-electron chi connectivity index (χ3n) is 2.37. The number of carboxylic acids is 2. The van der Waals surface area contributed by atoms with E-state index in [1.807, 2.05) is 0 Å². The minimum atomic E-state index is -1.26. The van der Waals surface area contributed by atoms with Crippen molar-refractivity contribution in [2.24, 2.45) is 11.8 Å². The molecule has 0 aromatic heterocycles. The van der Waals surface area contributed by atoms with E-state index in [0.717, 1.165) is 12.8 Å². The molecule has 0 aromatic carbocycles. The Bertz CT molecular complexity index is 177. The van der Waals surface area contributed by atoms with Gasteiger partial charge in [-0.25, -0.2) is 0 Å². The fourth-order valence-corrected chi connectivity index (χ4v) is 1.70. The number of hydrogen-bond donors (Lipinski definition) is 0. The van der Waals surface area contributed by atoms with Gasteiger partial charge in [0.1, 0.15) is 0 Å². The van der Waals surface area contributed by atoms with Crippen LogP contribution in [0.4, 0.5) is 0 Å². The first-order chi connectivity index (χ1) is 5.63. The first kappa shape index (κ1) is 9.03. The van der Waals surface area contributed by atoms with Crippen LogP contribution in [0.1, 0.15) is 25.7 Å². The van der Waals surface area contributed by atoms with Gasteiger partial charge in [0.2, 0.25) is 0 Å². The second-order valence-corrected chi connectivity index (χ2v) is 3.14. The highest BCUT2D eigenvalue weighted by Gasteiger charge is 2.26. The van der Waals surface area contributed by atoms with E-state index >= 15 is 0 Å². The lowest BCUT2D eigenvalue weighted by molar-refractivity contribution is -0.328. The molecule has 0 aromatic rings. The van der Waals surface area contributed by atoms with Crippen molar-refractivity contribution in [1.29, 1.82) is 0 Å². The van der Waals surface area contributed by atoms with E-state index in [1.165, 1.54) is 0 Å². The van der Waals surface area contributed by atoms with Gasteiger partial charge in [0.25, 0.3) is 0 Å². The molecule has 0 saturated heterocycles. The minimum absolute atomic E-state index is 0.404. The molecule has 1 saturated carbocycles. The van der Waals surface area contributed by atoms with Gasteiger partial charge in [-0.1, -0.05) is 12.8 Å². The van der Waals surface area contributed by atoms with Crippen LogP contribution in [0.3, 0.4) is 0 Å². The predicted octanol–water partition coefficient (Wildman–Crippen LogP) is -1.71. The van der Waals surface area contributed by atoms with Crippen molar-refractivity contribution in [3.8, 4) is 0 Å². The largest absolute Gasteiger partial charge is 0.550 e. The highest BCUT2D eigenvalue weighted by Crippen LogP contribution is 2.28. The molecule has 0 radical (unpaired) electrons. The predicted molar refractivity (Wildman–Crippen MR) is 35.5 cm³/mol. The van der Waals surface area contributed by atoms with E-state index in [0.29, 0.717) is 12.8 Å². The maximum atomic E-state index is 10.5. The number of carbonyl (C=O) groups is 2. The fourth-order valence-electron chi connectivity index (χ4n) is 1.70. The molecule has 68 valence electrons. The molecule has 0 bridgehead atoms. The van der Waals surface area contributed by atoms with E-state index in [1.54, 1.807) is 0 Å². The molecule has 0 spiro atoms. The van der Waals surface area contributed by atoms with Gasteiger partial charge in [-0.3, -0.25) is 0 Å². The summed E-state index contributed by atoms with van der Waals surface area (Å²) in [5.74, 6) is -4.21. The van der Waals surface area contributed by atoms with Crippen molar-refractivity contribution >= 4 is 11.9 Å². The topological polar surface area (TPSA) is 80.3 Å². The first-order valence-electron chi connectivity index (χ1n) is 4.04. The first-order valence-corrected chi connectivity index (χ1v) is 4.04. The third-order valence-corrected chi connectivity index (χ3v) is 2.37. The van der Waals surface area contributed by atoms with Crippen LogP contribution in [-0.2, 0) is 9.59 Å². The summed E-state index contributed by atoms with van der Waals surface area (Å²) in [7, 11) is 0. The van der Waals surface area contributed by atoms with Crippen LogP contribution in [0.2, 0.25) is 0 Å². The number of carbonyl (C=O) groups excluding carboxylic acids is 2. The SMILES string of the molecule is O=C([O-])[C@H]1CCCC[C@@H]1C(=O)[O-]. The van der Waals surface area contributed by atoms with Crippen LogP contribution < -0.4 is 10.2 Å². The molecular formula is C8H10O4-2. The van der Waals surface area contributed by atoms with Crippen molar-refractivity contribution < 1.29 is 19.8 Å². The normalized spacial score (nSPS) is 29.7. The molecule has 0 heterocycles. The fraction of sp³-hybridized carbons (Fsp3) is 0.750. The maximum absolute atomic E-state index is 10.5. The smallest absolute Gasteiger partial charge is 0.0451 e. The van der Waals surface area contributed by atoms with E-state index in [2.05, 4.69) is 0 Å². The highest BCUT2D eigenvalue weighted by molar-refractivity contribution is 5.77. The van der Waals surface area contributed by atoms with Crippen LogP contribution in [0.15, 0.2) is 0 Å². The second-order valence-electron chi connectivity index (χ2n) is 3.14. The zero-order chi connectivity index (χ0) is 9.14. The quantitative estimate of drug-likeness (QED) is 0.494. The molecular weight excluding hydrogens is 160 g/mol. The summed E-state index contributed by atoms with van der Waals surface area (Å²) in [6, 6.07) is 0. The molecule has 0 N–H and O–H groups in total. The van der Waals surface area contributed by atoms with E-state index in [9.17, 15) is 19.8 Å². The van der Waals surface area contributed by atoms with Gasteiger partial charge in [0.15, 0.2) is 0 Å². The second kappa shape index (κ2) is 3.56. The highest BCUT2D eigenvalue weighted by atomic mass is 16.4. The Labute approximate surface area is 70.2 Å². The Kier molecular flexibility index (Phi) is 2.68. The van der Waals surface area contributed by atoms with Gasteiger partial charge in [-0.15, -0.1) is 0 Å². The molecule has 4 heteroatoms. The number of carboxylic acid groups (broad SMARTS) is 2. The summed E-state index contributed by atoms with van der Waals surface area (Å²) in [4.78, 5) is 20.9. The summed E-state index contributed by atoms with van der Waals surface area (Å²) < 4.78 is 0. The summed E-state index contributed by atoms with van der Waals surface area (Å²) in [5, 5.41) is 20.9. The van der Waals surface area contributed by atoms with E-state index < -0.39 is 23.8 Å². The Balaban J connectivity index is 2.67. The van der Waals surface area contributed by atoms with Crippen LogP contribution >= 0.6 is 0 Å². The molecule has 0 unspecified atom stereocenters. The zero-order valence-electron chi connectivity index (χ0n) is 6.62. The lowest BCUT2D eigenvalue weighted by Crippen LogP contribution is -2.45. The van der Waals surface area contributed by atoms with Crippen LogP contribution in [0.25, 0.3) is 0 Å². The van der Waals surface area contributed by atoms with Crippen molar-refractivity contribution in [2.45, 2.75) is 25.7 Å². The van der Waals surface area contributed by atoms with Crippen LogP contribution in [0.5, 0.6) is 0 Å². The lowest BCUT2D eigenvalue weighted by atomic mass is 9.79. The molecule has 0 aliphatic heterocycles. The van der Waals surface area contributed by atoms with Crippen molar-refractivity contribution in [3.05, 3.63) is 0 Å². The minimum Gasteiger partial charge on any atom is -0.550 e.